The number of amides is 1. The molecule has 0 saturated carbocycles. The minimum absolute atomic E-state index is 0.132. The molecule has 5 nitrogen and oxygen atoms in total. The predicted octanol–water partition coefficient (Wildman–Crippen LogP) is 1.77. The second-order valence-corrected chi connectivity index (χ2v) is 4.36. The van der Waals surface area contributed by atoms with Gasteiger partial charge >= 0.3 is 5.97 Å². The number of carbonyl (C=O) groups excluding carboxylic acids is 1. The average Bonchev–Trinajstić information content (AvgIpc) is 2.39. The molecule has 1 rings (SSSR count). The van der Waals surface area contributed by atoms with Crippen molar-refractivity contribution in [3.8, 4) is 5.75 Å². The summed E-state index contributed by atoms with van der Waals surface area (Å²) in [5, 5.41) is 8.79. The zero-order chi connectivity index (χ0) is 15.4. The van der Waals surface area contributed by atoms with Crippen molar-refractivity contribution in [2.75, 3.05) is 20.7 Å². The third kappa shape index (κ3) is 3.23. The Bertz CT molecular complexity index is 533. The van der Waals surface area contributed by atoms with Crippen molar-refractivity contribution < 1.29 is 28.2 Å². The Morgan fingerprint density at radius 2 is 1.90 bits per heavy atom. The summed E-state index contributed by atoms with van der Waals surface area (Å²) in [6.07, 6.45) is 0. The Morgan fingerprint density at radius 1 is 1.35 bits per heavy atom. The van der Waals surface area contributed by atoms with Gasteiger partial charge in [-0.1, -0.05) is 6.92 Å². The van der Waals surface area contributed by atoms with Crippen LogP contribution >= 0.6 is 0 Å². The molecule has 1 N–H and O–H groups in total. The van der Waals surface area contributed by atoms with Gasteiger partial charge in [0.25, 0.3) is 5.91 Å². The molecule has 1 unspecified atom stereocenters. The summed E-state index contributed by atoms with van der Waals surface area (Å²) in [6.45, 7) is 1.28. The molecule has 1 atom stereocenters. The van der Waals surface area contributed by atoms with E-state index in [-0.39, 0.29) is 6.54 Å². The van der Waals surface area contributed by atoms with Crippen LogP contribution in [0.1, 0.15) is 17.3 Å². The highest BCUT2D eigenvalue weighted by molar-refractivity contribution is 5.97. The second-order valence-electron chi connectivity index (χ2n) is 4.36. The Morgan fingerprint density at radius 3 is 2.40 bits per heavy atom. The number of hydrogen-bond acceptors (Lipinski definition) is 3. The van der Waals surface area contributed by atoms with E-state index in [1.807, 2.05) is 0 Å². The quantitative estimate of drug-likeness (QED) is 0.896. The monoisotopic (exact) mass is 287 g/mol. The lowest BCUT2D eigenvalue weighted by Crippen LogP contribution is -2.34. The normalized spacial score (nSPS) is 11.8. The summed E-state index contributed by atoms with van der Waals surface area (Å²) in [5.41, 5.74) is -0.549. The van der Waals surface area contributed by atoms with Crippen molar-refractivity contribution in [2.45, 2.75) is 6.92 Å². The van der Waals surface area contributed by atoms with Crippen LogP contribution in [0.3, 0.4) is 0 Å². The molecule has 0 aliphatic carbocycles. The van der Waals surface area contributed by atoms with Gasteiger partial charge in [-0.15, -0.1) is 0 Å². The van der Waals surface area contributed by atoms with Crippen molar-refractivity contribution in [3.05, 3.63) is 29.3 Å². The maximum absolute atomic E-state index is 13.7. The zero-order valence-corrected chi connectivity index (χ0v) is 11.3. The van der Waals surface area contributed by atoms with Gasteiger partial charge in [0.1, 0.15) is 11.4 Å². The van der Waals surface area contributed by atoms with Gasteiger partial charge in [-0.3, -0.25) is 9.59 Å². The summed E-state index contributed by atoms with van der Waals surface area (Å²) in [7, 11) is 2.43. The molecule has 0 aliphatic heterocycles. The molecule has 0 spiro atoms. The van der Waals surface area contributed by atoms with Crippen molar-refractivity contribution in [1.82, 2.24) is 4.90 Å². The first-order valence-corrected chi connectivity index (χ1v) is 5.79. The van der Waals surface area contributed by atoms with Gasteiger partial charge in [0.2, 0.25) is 0 Å². The van der Waals surface area contributed by atoms with Crippen LogP contribution in [-0.2, 0) is 4.79 Å². The summed E-state index contributed by atoms with van der Waals surface area (Å²) in [4.78, 5) is 23.9. The fourth-order valence-corrected chi connectivity index (χ4v) is 1.69. The number of hydrogen-bond donors (Lipinski definition) is 1. The lowest BCUT2D eigenvalue weighted by molar-refractivity contribution is -0.141. The van der Waals surface area contributed by atoms with Crippen molar-refractivity contribution in [2.24, 2.45) is 5.92 Å². The molecular formula is C13H15F2NO4. The van der Waals surface area contributed by atoms with Gasteiger partial charge in [-0.05, 0) is 12.1 Å². The molecule has 1 amide bonds. The third-order valence-electron chi connectivity index (χ3n) is 2.79. The van der Waals surface area contributed by atoms with E-state index in [1.54, 1.807) is 0 Å². The fourth-order valence-electron chi connectivity index (χ4n) is 1.69. The van der Waals surface area contributed by atoms with E-state index in [9.17, 15) is 18.4 Å². The number of aliphatic carboxylic acids is 1. The fraction of sp³-hybridized carbons (Fsp3) is 0.385. The van der Waals surface area contributed by atoms with Crippen molar-refractivity contribution >= 4 is 11.9 Å². The highest BCUT2D eigenvalue weighted by atomic mass is 19.1. The van der Waals surface area contributed by atoms with E-state index in [0.717, 1.165) is 24.1 Å². The Labute approximate surface area is 114 Å². The van der Waals surface area contributed by atoms with Gasteiger partial charge in [0.15, 0.2) is 11.6 Å². The molecule has 0 radical (unpaired) electrons. The van der Waals surface area contributed by atoms with E-state index in [1.165, 1.54) is 14.0 Å². The number of benzene rings is 1. The smallest absolute Gasteiger partial charge is 0.308 e. The van der Waals surface area contributed by atoms with Gasteiger partial charge in [0, 0.05) is 13.6 Å². The molecule has 0 aromatic heterocycles. The summed E-state index contributed by atoms with van der Waals surface area (Å²) >= 11 is 0. The first kappa shape index (κ1) is 15.9. The highest BCUT2D eigenvalue weighted by Crippen LogP contribution is 2.26. The highest BCUT2D eigenvalue weighted by Gasteiger charge is 2.26. The topological polar surface area (TPSA) is 66.8 Å². The average molecular weight is 287 g/mol. The van der Waals surface area contributed by atoms with Gasteiger partial charge in [0.05, 0.1) is 13.0 Å². The molecular weight excluding hydrogens is 272 g/mol. The lowest BCUT2D eigenvalue weighted by Gasteiger charge is -2.21. The largest absolute Gasteiger partial charge is 0.493 e. The minimum Gasteiger partial charge on any atom is -0.493 e. The maximum Gasteiger partial charge on any atom is 0.308 e. The second kappa shape index (κ2) is 6.31. The number of carbonyl (C=O) groups is 2. The SMILES string of the molecule is COc1c(F)ccc(F)c1C(=O)N(C)CC(C)C(=O)O. The maximum atomic E-state index is 13.7. The van der Waals surface area contributed by atoms with Crippen LogP contribution < -0.4 is 4.74 Å². The molecule has 0 bridgehead atoms. The minimum atomic E-state index is -1.09. The number of carboxylic acid groups (broad SMARTS) is 1. The van der Waals surface area contributed by atoms with Gasteiger partial charge < -0.3 is 14.7 Å². The van der Waals surface area contributed by atoms with Gasteiger partial charge in [-0.25, -0.2) is 8.78 Å². The van der Waals surface area contributed by atoms with E-state index < -0.39 is 40.7 Å². The summed E-state index contributed by atoms with van der Waals surface area (Å²) in [5.74, 6) is -5.04. The Kier molecular flexibility index (Phi) is 5.01. The Hall–Kier alpha value is -2.18. The molecule has 7 heteroatoms. The molecule has 0 saturated heterocycles. The lowest BCUT2D eigenvalue weighted by atomic mass is 10.1. The van der Waals surface area contributed by atoms with Crippen LogP contribution in [0, 0.1) is 17.6 Å². The van der Waals surface area contributed by atoms with E-state index in [4.69, 9.17) is 9.84 Å². The molecule has 1 aromatic rings. The molecule has 0 fully saturated rings. The number of carboxylic acids is 1. The van der Waals surface area contributed by atoms with Crippen LogP contribution in [0.25, 0.3) is 0 Å². The number of nitrogens with zero attached hydrogens (tertiary/aromatic N) is 1. The number of halogens is 2. The predicted molar refractivity (Wildman–Crippen MR) is 66.7 cm³/mol. The van der Waals surface area contributed by atoms with Crippen LogP contribution in [0.15, 0.2) is 12.1 Å². The molecule has 0 aliphatic rings. The van der Waals surface area contributed by atoms with E-state index in [2.05, 4.69) is 0 Å². The van der Waals surface area contributed by atoms with Crippen molar-refractivity contribution in [3.63, 3.8) is 0 Å². The molecule has 1 aromatic carbocycles. The van der Waals surface area contributed by atoms with Crippen LogP contribution in [0.5, 0.6) is 5.75 Å². The van der Waals surface area contributed by atoms with Crippen LogP contribution in [-0.4, -0.2) is 42.6 Å². The third-order valence-corrected chi connectivity index (χ3v) is 2.79. The summed E-state index contributed by atoms with van der Waals surface area (Å²) < 4.78 is 31.9. The van der Waals surface area contributed by atoms with Crippen molar-refractivity contribution in [1.29, 1.82) is 0 Å². The molecule has 110 valence electrons. The number of ether oxygens (including phenoxy) is 1. The molecule has 20 heavy (non-hydrogen) atoms. The van der Waals surface area contributed by atoms with Crippen LogP contribution in [0.2, 0.25) is 0 Å². The zero-order valence-electron chi connectivity index (χ0n) is 11.3. The first-order chi connectivity index (χ1) is 9.29. The van der Waals surface area contributed by atoms with E-state index >= 15 is 0 Å². The first-order valence-electron chi connectivity index (χ1n) is 5.79. The number of methoxy groups -OCH3 is 1. The molecule has 0 heterocycles. The van der Waals surface area contributed by atoms with Gasteiger partial charge in [-0.2, -0.15) is 0 Å². The van der Waals surface area contributed by atoms with E-state index in [0.29, 0.717) is 0 Å². The van der Waals surface area contributed by atoms with Crippen LogP contribution in [0.4, 0.5) is 8.78 Å². The Balaban J connectivity index is 3.09. The standard InChI is InChI=1S/C13H15F2NO4/c1-7(13(18)19)6-16(2)12(17)10-8(14)4-5-9(15)11(10)20-3/h4-5,7H,6H2,1-3H3,(H,18,19). The summed E-state index contributed by atoms with van der Waals surface area (Å²) in [6, 6.07) is 1.67. The number of rotatable bonds is 5.